The molecule has 0 amide bonds. The van der Waals surface area contributed by atoms with E-state index in [9.17, 15) is 5.11 Å². The molecule has 5 rings (SSSR count). The summed E-state index contributed by atoms with van der Waals surface area (Å²) in [5, 5.41) is 16.2. The minimum atomic E-state index is -0.430. The number of benzene rings is 3. The summed E-state index contributed by atoms with van der Waals surface area (Å²) < 4.78 is 0. The summed E-state index contributed by atoms with van der Waals surface area (Å²) in [6, 6.07) is 20.0. The summed E-state index contributed by atoms with van der Waals surface area (Å²) in [5.41, 5.74) is 1.09. The van der Waals surface area contributed by atoms with Crippen molar-refractivity contribution in [2.45, 2.75) is 50.7 Å². The molecule has 1 saturated carbocycles. The summed E-state index contributed by atoms with van der Waals surface area (Å²) in [6.07, 6.45) is 7.69. The molecule has 2 nitrogen and oxygen atoms in total. The van der Waals surface area contributed by atoms with Gasteiger partial charge in [-0.3, -0.25) is 4.90 Å². The van der Waals surface area contributed by atoms with Crippen LogP contribution in [0.1, 0.15) is 50.2 Å². The van der Waals surface area contributed by atoms with Crippen LogP contribution >= 0.6 is 0 Å². The van der Waals surface area contributed by atoms with Gasteiger partial charge in [-0.1, -0.05) is 61.4 Å². The van der Waals surface area contributed by atoms with Crippen LogP contribution in [0.5, 0.6) is 0 Å². The number of fused-ring (bicyclic) bond motifs is 4. The van der Waals surface area contributed by atoms with E-state index in [2.05, 4.69) is 59.5 Å². The highest BCUT2D eigenvalue weighted by molar-refractivity contribution is 6.09. The maximum atomic E-state index is 11.3. The lowest BCUT2D eigenvalue weighted by Gasteiger charge is -2.45. The third-order valence-electron chi connectivity index (χ3n) is 6.92. The molecule has 1 aliphatic carbocycles. The molecule has 2 fully saturated rings. The van der Waals surface area contributed by atoms with E-state index < -0.39 is 6.10 Å². The normalized spacial score (nSPS) is 24.8. The van der Waals surface area contributed by atoms with Crippen LogP contribution < -0.4 is 0 Å². The summed E-state index contributed by atoms with van der Waals surface area (Å²) >= 11 is 0. The summed E-state index contributed by atoms with van der Waals surface area (Å²) in [4.78, 5) is 2.60. The lowest BCUT2D eigenvalue weighted by atomic mass is 9.78. The van der Waals surface area contributed by atoms with Crippen LogP contribution in [-0.4, -0.2) is 29.1 Å². The van der Waals surface area contributed by atoms with Crippen LogP contribution in [0, 0.1) is 5.92 Å². The van der Waals surface area contributed by atoms with Gasteiger partial charge < -0.3 is 5.11 Å². The predicted molar refractivity (Wildman–Crippen MR) is 113 cm³/mol. The first kappa shape index (κ1) is 17.2. The Balaban J connectivity index is 1.50. The van der Waals surface area contributed by atoms with E-state index in [1.165, 1.54) is 60.1 Å². The number of likely N-dealkylation sites (tertiary alicyclic amines) is 1. The van der Waals surface area contributed by atoms with Crippen LogP contribution in [0.2, 0.25) is 0 Å². The first-order valence-electron chi connectivity index (χ1n) is 10.6. The molecular weight excluding hydrogens is 330 g/mol. The van der Waals surface area contributed by atoms with Crippen LogP contribution in [0.4, 0.5) is 0 Å². The van der Waals surface area contributed by atoms with Gasteiger partial charge >= 0.3 is 0 Å². The highest BCUT2D eigenvalue weighted by atomic mass is 16.3. The van der Waals surface area contributed by atoms with E-state index in [0.29, 0.717) is 6.04 Å². The lowest BCUT2D eigenvalue weighted by molar-refractivity contribution is 0.0209. The first-order chi connectivity index (χ1) is 13.3. The fourth-order valence-corrected chi connectivity index (χ4v) is 5.63. The molecule has 0 bridgehead atoms. The predicted octanol–water partition coefficient (Wildman–Crippen LogP) is 5.68. The topological polar surface area (TPSA) is 23.5 Å². The molecule has 1 N–H and O–H groups in total. The van der Waals surface area contributed by atoms with Gasteiger partial charge in [0.25, 0.3) is 0 Å². The van der Waals surface area contributed by atoms with Gasteiger partial charge in [0, 0.05) is 12.6 Å². The minimum Gasteiger partial charge on any atom is -0.387 e. The first-order valence-corrected chi connectivity index (χ1v) is 10.6. The van der Waals surface area contributed by atoms with Crippen molar-refractivity contribution in [3.05, 3.63) is 60.2 Å². The van der Waals surface area contributed by atoms with Crippen molar-refractivity contribution in [2.24, 2.45) is 5.92 Å². The Hall–Kier alpha value is -1.90. The number of rotatable bonds is 3. The standard InChI is InChI=1S/C25H29NO/c27-25(17-26-15-7-10-18-8-2-6-14-24(18)26)23-16-19-9-1-3-11-20(19)21-12-4-5-13-22(21)23/h1,3-5,9,11-13,16,18,24-25,27H,2,6-8,10,14-15,17H2/t18-,24+,25+/m1/s1. The average Bonchev–Trinajstić information content (AvgIpc) is 2.73. The Morgan fingerprint density at radius 2 is 1.56 bits per heavy atom. The number of β-amino-alcohol motifs (C(OH)–C–C–N with tert-alkyl or cyclic N) is 1. The van der Waals surface area contributed by atoms with Gasteiger partial charge in [-0.2, -0.15) is 0 Å². The minimum absolute atomic E-state index is 0.430. The Morgan fingerprint density at radius 3 is 2.44 bits per heavy atom. The molecule has 0 radical (unpaired) electrons. The number of aliphatic hydroxyl groups excluding tert-OH is 1. The third kappa shape index (κ3) is 3.15. The molecule has 3 atom stereocenters. The highest BCUT2D eigenvalue weighted by Gasteiger charge is 2.34. The Bertz CT molecular complexity index is 947. The van der Waals surface area contributed by atoms with Gasteiger partial charge in [0.05, 0.1) is 6.10 Å². The zero-order chi connectivity index (χ0) is 18.2. The zero-order valence-corrected chi connectivity index (χ0v) is 16.0. The molecule has 140 valence electrons. The Kier molecular flexibility index (Phi) is 4.63. The maximum absolute atomic E-state index is 11.3. The summed E-state index contributed by atoms with van der Waals surface area (Å²) in [5.74, 6) is 0.855. The van der Waals surface area contributed by atoms with Crippen molar-refractivity contribution in [1.82, 2.24) is 4.90 Å². The van der Waals surface area contributed by atoms with Crippen LogP contribution in [0.25, 0.3) is 21.5 Å². The Morgan fingerprint density at radius 1 is 0.852 bits per heavy atom. The molecule has 1 aliphatic heterocycles. The number of aliphatic hydroxyl groups is 1. The van der Waals surface area contributed by atoms with Gasteiger partial charge in [-0.25, -0.2) is 0 Å². The van der Waals surface area contributed by atoms with Crippen LogP contribution in [-0.2, 0) is 0 Å². The van der Waals surface area contributed by atoms with E-state index >= 15 is 0 Å². The van der Waals surface area contributed by atoms with Gasteiger partial charge in [0.1, 0.15) is 0 Å². The van der Waals surface area contributed by atoms with E-state index in [-0.39, 0.29) is 0 Å². The Labute approximate surface area is 161 Å². The van der Waals surface area contributed by atoms with Crippen molar-refractivity contribution in [3.63, 3.8) is 0 Å². The third-order valence-corrected chi connectivity index (χ3v) is 6.92. The molecule has 3 aromatic carbocycles. The fraction of sp³-hybridized carbons (Fsp3) is 0.440. The SMILES string of the molecule is O[C@@H](CN1CCC[C@H]2CCCC[C@@H]21)c1cc2ccccc2c2ccccc12. The average molecular weight is 360 g/mol. The molecule has 2 aliphatic rings. The van der Waals surface area contributed by atoms with Gasteiger partial charge in [-0.15, -0.1) is 0 Å². The second-order valence-corrected chi connectivity index (χ2v) is 8.50. The molecule has 1 heterocycles. The number of nitrogens with zero attached hydrogens (tertiary/aromatic N) is 1. The van der Waals surface area contributed by atoms with Crippen molar-refractivity contribution in [2.75, 3.05) is 13.1 Å². The van der Waals surface area contributed by atoms with E-state index in [0.717, 1.165) is 24.6 Å². The number of piperidine rings is 1. The van der Waals surface area contributed by atoms with Gasteiger partial charge in [-0.05, 0) is 71.3 Å². The van der Waals surface area contributed by atoms with Crippen molar-refractivity contribution in [1.29, 1.82) is 0 Å². The second kappa shape index (κ2) is 7.26. The lowest BCUT2D eigenvalue weighted by Crippen LogP contribution is -2.48. The summed E-state index contributed by atoms with van der Waals surface area (Å²) in [7, 11) is 0. The molecule has 0 spiro atoms. The maximum Gasteiger partial charge on any atom is 0.0923 e. The van der Waals surface area contributed by atoms with Crippen molar-refractivity contribution < 1.29 is 5.11 Å². The van der Waals surface area contributed by atoms with Gasteiger partial charge in [0.2, 0.25) is 0 Å². The van der Waals surface area contributed by atoms with Gasteiger partial charge in [0.15, 0.2) is 0 Å². The van der Waals surface area contributed by atoms with Crippen LogP contribution in [0.15, 0.2) is 54.6 Å². The largest absolute Gasteiger partial charge is 0.387 e. The fourth-order valence-electron chi connectivity index (χ4n) is 5.63. The quantitative estimate of drug-likeness (QED) is 0.608. The molecule has 3 aromatic rings. The summed E-state index contributed by atoms with van der Waals surface area (Å²) in [6.45, 7) is 1.91. The number of hydrogen-bond donors (Lipinski definition) is 1. The van der Waals surface area contributed by atoms with E-state index in [1.807, 2.05) is 0 Å². The molecule has 0 aromatic heterocycles. The molecule has 2 heteroatoms. The zero-order valence-electron chi connectivity index (χ0n) is 16.0. The van der Waals surface area contributed by atoms with Crippen LogP contribution in [0.3, 0.4) is 0 Å². The number of hydrogen-bond acceptors (Lipinski definition) is 2. The molecule has 1 saturated heterocycles. The van der Waals surface area contributed by atoms with Crippen molar-refractivity contribution in [3.8, 4) is 0 Å². The van der Waals surface area contributed by atoms with Crippen molar-refractivity contribution >= 4 is 21.5 Å². The molecule has 27 heavy (non-hydrogen) atoms. The second-order valence-electron chi connectivity index (χ2n) is 8.50. The smallest absolute Gasteiger partial charge is 0.0923 e. The van der Waals surface area contributed by atoms with E-state index in [1.54, 1.807) is 0 Å². The molecule has 0 unspecified atom stereocenters. The molecular formula is C25H29NO. The monoisotopic (exact) mass is 359 g/mol. The highest BCUT2D eigenvalue weighted by Crippen LogP contribution is 2.37. The van der Waals surface area contributed by atoms with E-state index in [4.69, 9.17) is 0 Å².